The Morgan fingerprint density at radius 2 is 2.55 bits per heavy atom. The molecule has 120 valence electrons. The van der Waals surface area contributed by atoms with Gasteiger partial charge in [0.05, 0.1) is 24.2 Å². The van der Waals surface area contributed by atoms with Gasteiger partial charge in [0.2, 0.25) is 0 Å². The summed E-state index contributed by atoms with van der Waals surface area (Å²) in [5, 5.41) is 1.95. The zero-order valence-corrected chi connectivity index (χ0v) is 13.6. The molecule has 0 radical (unpaired) electrons. The molecule has 0 spiro atoms. The van der Waals surface area contributed by atoms with Crippen molar-refractivity contribution in [1.82, 2.24) is 4.90 Å². The summed E-state index contributed by atoms with van der Waals surface area (Å²) in [6.45, 7) is 7.21. The summed E-state index contributed by atoms with van der Waals surface area (Å²) in [4.78, 5) is 15.4. The first-order valence-corrected chi connectivity index (χ1v) is 8.76. The molecule has 1 aromatic rings. The fourth-order valence-corrected chi connectivity index (χ4v) is 4.27. The van der Waals surface area contributed by atoms with Crippen molar-refractivity contribution < 1.29 is 14.3 Å². The van der Waals surface area contributed by atoms with Gasteiger partial charge in [-0.3, -0.25) is 4.79 Å². The fourth-order valence-electron chi connectivity index (χ4n) is 3.58. The van der Waals surface area contributed by atoms with Gasteiger partial charge < -0.3 is 14.4 Å². The topological polar surface area (TPSA) is 38.8 Å². The largest absolute Gasteiger partial charge is 0.377 e. The fraction of sp³-hybridized carbons (Fsp3) is 0.588. The van der Waals surface area contributed by atoms with Gasteiger partial charge in [0.1, 0.15) is 0 Å². The number of thiophene rings is 1. The van der Waals surface area contributed by atoms with E-state index < -0.39 is 0 Å². The van der Waals surface area contributed by atoms with Crippen molar-refractivity contribution in [2.45, 2.75) is 25.4 Å². The molecular formula is C17H23NO3S. The summed E-state index contributed by atoms with van der Waals surface area (Å²) < 4.78 is 11.8. The van der Waals surface area contributed by atoms with E-state index in [-0.39, 0.29) is 17.4 Å². The minimum absolute atomic E-state index is 0.0631. The maximum Gasteiger partial charge on any atom is 0.263 e. The molecule has 0 bridgehead atoms. The highest BCUT2D eigenvalue weighted by Gasteiger charge is 2.47. The number of fused-ring (bicyclic) bond motifs is 1. The predicted octanol–water partition coefficient (Wildman–Crippen LogP) is 2.96. The molecule has 3 rings (SSSR count). The Hall–Kier alpha value is -1.17. The van der Waals surface area contributed by atoms with Crippen molar-refractivity contribution in [3.63, 3.8) is 0 Å². The number of ether oxygens (including phenoxy) is 2. The third kappa shape index (κ3) is 3.12. The van der Waals surface area contributed by atoms with Crippen LogP contribution in [0.15, 0.2) is 30.2 Å². The van der Waals surface area contributed by atoms with E-state index in [2.05, 4.69) is 6.58 Å². The highest BCUT2D eigenvalue weighted by atomic mass is 32.1. The Balaban J connectivity index is 1.74. The average Bonchev–Trinajstić information content (AvgIpc) is 3.08. The van der Waals surface area contributed by atoms with Gasteiger partial charge in [0.15, 0.2) is 0 Å². The SMILES string of the molecule is C=CCOC[C@@]12CCCO[C@H]1CCN(C(=O)c1cccs1)C2. The lowest BCUT2D eigenvalue weighted by molar-refractivity contribution is -0.144. The summed E-state index contributed by atoms with van der Waals surface area (Å²) in [5.41, 5.74) is -0.0631. The van der Waals surface area contributed by atoms with Gasteiger partial charge in [-0.15, -0.1) is 17.9 Å². The molecule has 0 unspecified atom stereocenters. The van der Waals surface area contributed by atoms with Crippen LogP contribution < -0.4 is 0 Å². The third-order valence-corrected chi connectivity index (χ3v) is 5.49. The second kappa shape index (κ2) is 6.94. The summed E-state index contributed by atoms with van der Waals surface area (Å²) in [6, 6.07) is 3.83. The molecule has 2 atom stereocenters. The first kappa shape index (κ1) is 15.7. The van der Waals surface area contributed by atoms with E-state index in [1.807, 2.05) is 22.4 Å². The van der Waals surface area contributed by atoms with Gasteiger partial charge >= 0.3 is 0 Å². The van der Waals surface area contributed by atoms with Crippen LogP contribution in [0.4, 0.5) is 0 Å². The number of nitrogens with zero attached hydrogens (tertiary/aromatic N) is 1. The number of hydrogen-bond acceptors (Lipinski definition) is 4. The molecule has 2 saturated heterocycles. The highest BCUT2D eigenvalue weighted by Crippen LogP contribution is 2.41. The van der Waals surface area contributed by atoms with Crippen molar-refractivity contribution in [2.24, 2.45) is 5.41 Å². The van der Waals surface area contributed by atoms with Crippen molar-refractivity contribution in [3.05, 3.63) is 35.0 Å². The highest BCUT2D eigenvalue weighted by molar-refractivity contribution is 7.12. The maximum absolute atomic E-state index is 12.6. The zero-order valence-electron chi connectivity index (χ0n) is 12.8. The number of carbonyl (C=O) groups excluding carboxylic acids is 1. The van der Waals surface area contributed by atoms with Gasteiger partial charge in [0.25, 0.3) is 5.91 Å². The van der Waals surface area contributed by atoms with Crippen LogP contribution in [0.1, 0.15) is 28.9 Å². The normalized spacial score (nSPS) is 28.2. The summed E-state index contributed by atoms with van der Waals surface area (Å²) in [5.74, 6) is 0.141. The maximum atomic E-state index is 12.6. The molecule has 3 heterocycles. The van der Waals surface area contributed by atoms with Gasteiger partial charge in [-0.2, -0.15) is 0 Å². The lowest BCUT2D eigenvalue weighted by atomic mass is 9.73. The molecule has 0 saturated carbocycles. The van der Waals surface area contributed by atoms with Crippen molar-refractivity contribution in [1.29, 1.82) is 0 Å². The van der Waals surface area contributed by atoms with Gasteiger partial charge in [0, 0.05) is 25.1 Å². The molecule has 2 aliphatic heterocycles. The smallest absolute Gasteiger partial charge is 0.263 e. The molecule has 1 aromatic heterocycles. The summed E-state index contributed by atoms with van der Waals surface area (Å²) >= 11 is 1.51. The number of piperidine rings is 1. The number of rotatable bonds is 5. The second-order valence-corrected chi connectivity index (χ2v) is 7.07. The molecule has 4 nitrogen and oxygen atoms in total. The minimum atomic E-state index is -0.0631. The molecule has 0 aromatic carbocycles. The van der Waals surface area contributed by atoms with Crippen LogP contribution >= 0.6 is 11.3 Å². The van der Waals surface area contributed by atoms with Crippen LogP contribution in [0.2, 0.25) is 0 Å². The summed E-state index contributed by atoms with van der Waals surface area (Å²) in [7, 11) is 0. The lowest BCUT2D eigenvalue weighted by Crippen LogP contribution is -2.58. The van der Waals surface area contributed by atoms with Crippen LogP contribution in [0.25, 0.3) is 0 Å². The Kier molecular flexibility index (Phi) is 4.96. The predicted molar refractivity (Wildman–Crippen MR) is 87.3 cm³/mol. The molecular weight excluding hydrogens is 298 g/mol. The van der Waals surface area contributed by atoms with Gasteiger partial charge in [-0.1, -0.05) is 12.1 Å². The van der Waals surface area contributed by atoms with Crippen LogP contribution in [0.3, 0.4) is 0 Å². The molecule has 1 amide bonds. The summed E-state index contributed by atoms with van der Waals surface area (Å²) in [6.07, 6.45) is 4.97. The first-order valence-electron chi connectivity index (χ1n) is 7.88. The molecule has 2 fully saturated rings. The van der Waals surface area contributed by atoms with Crippen LogP contribution in [-0.2, 0) is 9.47 Å². The van der Waals surface area contributed by atoms with E-state index in [0.29, 0.717) is 13.2 Å². The Morgan fingerprint density at radius 3 is 3.32 bits per heavy atom. The quantitative estimate of drug-likeness (QED) is 0.618. The van der Waals surface area contributed by atoms with Crippen molar-refractivity contribution in [3.8, 4) is 0 Å². The second-order valence-electron chi connectivity index (χ2n) is 6.12. The number of hydrogen-bond donors (Lipinski definition) is 0. The van der Waals surface area contributed by atoms with E-state index in [9.17, 15) is 4.79 Å². The van der Waals surface area contributed by atoms with Crippen molar-refractivity contribution in [2.75, 3.05) is 32.9 Å². The standard InChI is InChI=1S/C17H23NO3S/c1-2-9-20-13-17-7-4-10-21-15(17)6-8-18(12-17)16(19)14-5-3-11-22-14/h2-3,5,11,15H,1,4,6-10,12-13H2/t15-,17-/m0/s1. The minimum Gasteiger partial charge on any atom is -0.377 e. The number of carbonyl (C=O) groups is 1. The van der Waals surface area contributed by atoms with Crippen LogP contribution in [0.5, 0.6) is 0 Å². The molecule has 2 aliphatic rings. The lowest BCUT2D eigenvalue weighted by Gasteiger charge is -2.50. The first-order chi connectivity index (χ1) is 10.7. The Morgan fingerprint density at radius 1 is 1.64 bits per heavy atom. The van der Waals surface area contributed by atoms with Gasteiger partial charge in [-0.05, 0) is 30.7 Å². The average molecular weight is 321 g/mol. The van der Waals surface area contributed by atoms with E-state index >= 15 is 0 Å². The Bertz CT molecular complexity index is 516. The molecule has 0 aliphatic carbocycles. The zero-order chi connectivity index (χ0) is 15.4. The van der Waals surface area contributed by atoms with E-state index in [0.717, 1.165) is 43.8 Å². The molecule has 0 N–H and O–H groups in total. The number of likely N-dealkylation sites (tertiary alicyclic amines) is 1. The van der Waals surface area contributed by atoms with Gasteiger partial charge in [-0.25, -0.2) is 0 Å². The number of amides is 1. The third-order valence-electron chi connectivity index (χ3n) is 4.63. The molecule has 22 heavy (non-hydrogen) atoms. The Labute approximate surface area is 135 Å². The van der Waals surface area contributed by atoms with E-state index in [1.54, 1.807) is 6.08 Å². The van der Waals surface area contributed by atoms with E-state index in [4.69, 9.17) is 9.47 Å². The van der Waals surface area contributed by atoms with Crippen LogP contribution in [-0.4, -0.2) is 49.8 Å². The van der Waals surface area contributed by atoms with Crippen LogP contribution in [0, 0.1) is 5.41 Å². The van der Waals surface area contributed by atoms with E-state index in [1.165, 1.54) is 11.3 Å². The molecule has 5 heteroatoms. The monoisotopic (exact) mass is 321 g/mol. The van der Waals surface area contributed by atoms with Crippen molar-refractivity contribution >= 4 is 17.2 Å².